The molecule has 3 rings (SSSR count). The molecule has 0 aromatic heterocycles. The number of nitrogens with zero attached hydrogens (tertiary/aromatic N) is 2. The number of nitro groups is 1. The normalized spacial score (nSPS) is 13.6. The van der Waals surface area contributed by atoms with E-state index < -0.39 is 0 Å². The van der Waals surface area contributed by atoms with Crippen LogP contribution in [0.4, 0.5) is 17.1 Å². The van der Waals surface area contributed by atoms with Gasteiger partial charge in [0.1, 0.15) is 0 Å². The van der Waals surface area contributed by atoms with Gasteiger partial charge in [-0.15, -0.1) is 0 Å². The van der Waals surface area contributed by atoms with Crippen LogP contribution < -0.4 is 10.2 Å². The third-order valence-corrected chi connectivity index (χ3v) is 4.07. The molecule has 0 saturated carbocycles. The fourth-order valence-electron chi connectivity index (χ4n) is 2.84. The van der Waals surface area contributed by atoms with Crippen molar-refractivity contribution in [1.29, 1.82) is 0 Å². The summed E-state index contributed by atoms with van der Waals surface area (Å²) >= 11 is 0. The largest absolute Gasteiger partial charge is 0.382 e. The first-order valence-corrected chi connectivity index (χ1v) is 9.53. The van der Waals surface area contributed by atoms with Crippen LogP contribution in [-0.2, 0) is 0 Å². The van der Waals surface area contributed by atoms with Gasteiger partial charge in [0, 0.05) is 42.6 Å². The predicted molar refractivity (Wildman–Crippen MR) is 111 cm³/mol. The van der Waals surface area contributed by atoms with Crippen molar-refractivity contribution in [1.82, 2.24) is 0 Å². The lowest BCUT2D eigenvalue weighted by atomic mass is 10.0. The summed E-state index contributed by atoms with van der Waals surface area (Å²) in [6.45, 7) is 9.92. The average Bonchev–Trinajstić information content (AvgIpc) is 2.72. The zero-order valence-electron chi connectivity index (χ0n) is 16.3. The molecule has 1 N–H and O–H groups in total. The molecule has 0 bridgehead atoms. The Balaban J connectivity index is 0.000000791. The topological polar surface area (TPSA) is 58.4 Å². The fraction of sp³-hybridized carbons (Fsp3) is 0.429. The van der Waals surface area contributed by atoms with Crippen LogP contribution in [0.25, 0.3) is 0 Å². The van der Waals surface area contributed by atoms with Gasteiger partial charge in [-0.25, -0.2) is 0 Å². The van der Waals surface area contributed by atoms with E-state index in [-0.39, 0.29) is 10.6 Å². The molecule has 26 heavy (non-hydrogen) atoms. The summed E-state index contributed by atoms with van der Waals surface area (Å²) in [5.41, 5.74) is 2.37. The Morgan fingerprint density at radius 3 is 1.96 bits per heavy atom. The highest BCUT2D eigenvalue weighted by molar-refractivity contribution is 5.51. The molecular formula is C21H31N3O2. The average molecular weight is 357 g/mol. The lowest BCUT2D eigenvalue weighted by Crippen LogP contribution is -2.39. The Hall–Kier alpha value is -2.56. The number of hydrogen-bond donors (Lipinski definition) is 1. The van der Waals surface area contributed by atoms with Gasteiger partial charge in [-0.3, -0.25) is 10.1 Å². The molecule has 0 spiro atoms. The van der Waals surface area contributed by atoms with Crippen LogP contribution in [0.2, 0.25) is 0 Å². The minimum absolute atomic E-state index is 0.143. The number of para-hydroxylation sites is 1. The maximum atomic E-state index is 10.7. The quantitative estimate of drug-likeness (QED) is 0.561. The number of anilines is 2. The first-order chi connectivity index (χ1) is 12.7. The van der Waals surface area contributed by atoms with Crippen LogP contribution in [-0.4, -0.2) is 24.1 Å². The van der Waals surface area contributed by atoms with Gasteiger partial charge in [0.25, 0.3) is 5.69 Å². The summed E-state index contributed by atoms with van der Waals surface area (Å²) in [6, 6.07) is 17.6. The van der Waals surface area contributed by atoms with E-state index in [0.29, 0.717) is 6.04 Å². The summed E-state index contributed by atoms with van der Waals surface area (Å²) < 4.78 is 0. The summed E-state index contributed by atoms with van der Waals surface area (Å²) in [5, 5.41) is 14.2. The Morgan fingerprint density at radius 1 is 0.923 bits per heavy atom. The van der Waals surface area contributed by atoms with E-state index in [4.69, 9.17) is 0 Å². The summed E-state index contributed by atoms with van der Waals surface area (Å²) in [6.07, 6.45) is 2.12. The van der Waals surface area contributed by atoms with Gasteiger partial charge in [0.05, 0.1) is 4.92 Å². The minimum Gasteiger partial charge on any atom is -0.382 e. The van der Waals surface area contributed by atoms with Gasteiger partial charge >= 0.3 is 0 Å². The highest BCUT2D eigenvalue weighted by Crippen LogP contribution is 2.24. The monoisotopic (exact) mass is 357 g/mol. The number of rotatable bonds is 4. The van der Waals surface area contributed by atoms with Crippen LogP contribution in [0, 0.1) is 10.1 Å². The molecule has 1 heterocycles. The summed E-state index contributed by atoms with van der Waals surface area (Å²) in [7, 11) is 0. The van der Waals surface area contributed by atoms with Gasteiger partial charge in [0.2, 0.25) is 0 Å². The molecule has 2 aromatic carbocycles. The molecule has 1 saturated heterocycles. The minimum atomic E-state index is -0.361. The molecule has 5 heteroatoms. The zero-order valence-corrected chi connectivity index (χ0v) is 16.3. The Kier molecular flexibility index (Phi) is 9.83. The van der Waals surface area contributed by atoms with E-state index in [9.17, 15) is 10.1 Å². The van der Waals surface area contributed by atoms with Crippen molar-refractivity contribution in [2.24, 2.45) is 0 Å². The molecule has 0 unspecified atom stereocenters. The van der Waals surface area contributed by atoms with E-state index in [1.165, 1.54) is 0 Å². The smallest absolute Gasteiger partial charge is 0.269 e. The maximum absolute atomic E-state index is 10.7. The van der Waals surface area contributed by atoms with E-state index in [2.05, 4.69) is 22.3 Å². The van der Waals surface area contributed by atoms with Crippen molar-refractivity contribution < 1.29 is 4.92 Å². The zero-order chi connectivity index (χ0) is 19.4. The van der Waals surface area contributed by atoms with Crippen LogP contribution in [0.3, 0.4) is 0 Å². The second-order valence-electron chi connectivity index (χ2n) is 5.55. The van der Waals surface area contributed by atoms with Crippen molar-refractivity contribution in [3.63, 3.8) is 0 Å². The van der Waals surface area contributed by atoms with Crippen molar-refractivity contribution in [2.45, 2.75) is 46.6 Å². The first-order valence-electron chi connectivity index (χ1n) is 9.53. The lowest BCUT2D eigenvalue weighted by Gasteiger charge is -2.34. The summed E-state index contributed by atoms with van der Waals surface area (Å²) in [5.74, 6) is 0. The number of nitrogens with one attached hydrogen (secondary N) is 1. The van der Waals surface area contributed by atoms with Crippen LogP contribution in [0.1, 0.15) is 40.5 Å². The highest BCUT2D eigenvalue weighted by Gasteiger charge is 2.19. The number of non-ortho nitro benzene ring substituents is 1. The number of benzene rings is 2. The molecular weight excluding hydrogens is 326 g/mol. The van der Waals surface area contributed by atoms with Crippen LogP contribution in [0.5, 0.6) is 0 Å². The maximum Gasteiger partial charge on any atom is 0.269 e. The van der Waals surface area contributed by atoms with E-state index >= 15 is 0 Å². The van der Waals surface area contributed by atoms with E-state index in [1.54, 1.807) is 12.1 Å². The number of piperidine rings is 1. The molecule has 0 aliphatic carbocycles. The van der Waals surface area contributed by atoms with Crippen LogP contribution >= 0.6 is 0 Å². The second kappa shape index (κ2) is 11.9. The summed E-state index contributed by atoms with van der Waals surface area (Å²) in [4.78, 5) is 12.6. The molecule has 1 aliphatic rings. The van der Waals surface area contributed by atoms with Gasteiger partial charge < -0.3 is 10.2 Å². The Labute approximate surface area is 157 Å². The first kappa shape index (κ1) is 21.5. The SMILES string of the molecule is CC.CC.O=[N+]([O-])c1ccc(N2CCC(Nc3ccccc3)CC2)cc1. The van der Waals surface area contributed by atoms with Crippen molar-refractivity contribution in [3.05, 3.63) is 64.7 Å². The van der Waals surface area contributed by atoms with E-state index in [1.807, 2.05) is 58.0 Å². The number of hydrogen-bond acceptors (Lipinski definition) is 4. The van der Waals surface area contributed by atoms with Gasteiger partial charge in [-0.05, 0) is 37.1 Å². The molecule has 5 nitrogen and oxygen atoms in total. The van der Waals surface area contributed by atoms with Gasteiger partial charge in [-0.1, -0.05) is 45.9 Å². The van der Waals surface area contributed by atoms with Crippen molar-refractivity contribution in [3.8, 4) is 0 Å². The van der Waals surface area contributed by atoms with Crippen LogP contribution in [0.15, 0.2) is 54.6 Å². The third-order valence-electron chi connectivity index (χ3n) is 4.07. The molecule has 1 aliphatic heterocycles. The second-order valence-corrected chi connectivity index (χ2v) is 5.55. The van der Waals surface area contributed by atoms with Crippen molar-refractivity contribution in [2.75, 3.05) is 23.3 Å². The molecule has 2 aromatic rings. The molecule has 0 radical (unpaired) electrons. The van der Waals surface area contributed by atoms with Gasteiger partial charge in [0.15, 0.2) is 0 Å². The van der Waals surface area contributed by atoms with E-state index in [0.717, 1.165) is 37.3 Å². The molecule has 142 valence electrons. The third kappa shape index (κ3) is 6.39. The predicted octanol–water partition coefficient (Wildman–Crippen LogP) is 5.73. The fourth-order valence-corrected chi connectivity index (χ4v) is 2.84. The lowest BCUT2D eigenvalue weighted by molar-refractivity contribution is -0.384. The van der Waals surface area contributed by atoms with Gasteiger partial charge in [-0.2, -0.15) is 0 Å². The molecule has 0 amide bonds. The highest BCUT2D eigenvalue weighted by atomic mass is 16.6. The molecule has 0 atom stereocenters. The molecule has 1 fully saturated rings. The number of nitro benzene ring substituents is 1. The Bertz CT molecular complexity index is 621. The standard InChI is InChI=1S/C17H19N3O2.2C2H6/c21-20(22)17-8-6-16(7-9-17)19-12-10-15(11-13-19)18-14-4-2-1-3-5-14;2*1-2/h1-9,15,18H,10-13H2;2*1-2H3. The van der Waals surface area contributed by atoms with Crippen molar-refractivity contribution >= 4 is 17.1 Å². The Morgan fingerprint density at radius 2 is 1.46 bits per heavy atom.